The molecule has 0 radical (unpaired) electrons. The summed E-state index contributed by atoms with van der Waals surface area (Å²) < 4.78 is 10.7. The Hall–Kier alpha value is -6.36. The summed E-state index contributed by atoms with van der Waals surface area (Å²) in [5.41, 5.74) is 13.1. The highest BCUT2D eigenvalue weighted by Gasteiger charge is 2.48. The van der Waals surface area contributed by atoms with Gasteiger partial charge in [-0.3, -0.25) is 0 Å². The summed E-state index contributed by atoms with van der Waals surface area (Å²) in [4.78, 5) is 11.2. The van der Waals surface area contributed by atoms with Crippen LogP contribution in [0, 0.1) is 0 Å². The molecule has 0 N–H and O–H groups in total. The minimum absolute atomic E-state index is 0.0827. The van der Waals surface area contributed by atoms with Gasteiger partial charge in [-0.25, -0.2) is 19.3 Å². The van der Waals surface area contributed by atoms with Crippen molar-refractivity contribution in [3.05, 3.63) is 115 Å². The Morgan fingerprint density at radius 3 is 1.62 bits per heavy atom. The maximum atomic E-state index is 6.40. The van der Waals surface area contributed by atoms with Crippen molar-refractivity contribution >= 4 is 104 Å². The Bertz CT molecular complexity index is 3350. The minimum atomic E-state index is -2.06. The molecule has 0 aliphatic carbocycles. The van der Waals surface area contributed by atoms with Crippen LogP contribution in [0.5, 0.6) is 0 Å². The third-order valence-corrected chi connectivity index (χ3v) is 20.7. The zero-order valence-electron chi connectivity index (χ0n) is 31.1. The molecule has 10 heteroatoms. The van der Waals surface area contributed by atoms with Crippen LogP contribution in [0.3, 0.4) is 0 Å². The topological polar surface area (TPSA) is 74.6 Å². The van der Waals surface area contributed by atoms with Crippen LogP contribution in [-0.2, 0) is 0 Å². The molecule has 4 aliphatic heterocycles. The second-order valence-electron chi connectivity index (χ2n) is 17.0. The predicted octanol–water partition coefficient (Wildman–Crippen LogP) is 5.47. The molecule has 6 aromatic carbocycles. The highest BCUT2D eigenvalue weighted by Crippen LogP contribution is 2.41. The molecule has 0 amide bonds. The van der Waals surface area contributed by atoms with Gasteiger partial charge in [-0.1, -0.05) is 129 Å². The fourth-order valence-electron chi connectivity index (χ4n) is 11.1. The first-order valence-electron chi connectivity index (χ1n) is 19.5. The fourth-order valence-corrected chi connectivity index (χ4v) is 17.2. The molecule has 262 valence electrons. The van der Waals surface area contributed by atoms with E-state index in [-0.39, 0.29) is 6.71 Å². The molecule has 8 heterocycles. The van der Waals surface area contributed by atoms with Crippen LogP contribution in [0.1, 0.15) is 0 Å². The van der Waals surface area contributed by atoms with E-state index >= 15 is 0 Å². The summed E-state index contributed by atoms with van der Waals surface area (Å²) in [6, 6.07) is 42.0. The first-order chi connectivity index (χ1) is 27.3. The quantitative estimate of drug-likeness (QED) is 0.208. The average Bonchev–Trinajstić information content (AvgIpc) is 3.93. The van der Waals surface area contributed by atoms with Gasteiger partial charge in [0.05, 0.1) is 11.0 Å². The van der Waals surface area contributed by atoms with Gasteiger partial charge < -0.3 is 4.42 Å². The van der Waals surface area contributed by atoms with Gasteiger partial charge in [-0.2, -0.15) is 10.2 Å². The van der Waals surface area contributed by atoms with Crippen molar-refractivity contribution in [1.29, 1.82) is 0 Å². The maximum absolute atomic E-state index is 6.40. The normalized spacial score (nSPS) is 15.8. The van der Waals surface area contributed by atoms with E-state index in [2.05, 4.69) is 127 Å². The number of para-hydroxylation sites is 1. The van der Waals surface area contributed by atoms with Crippen LogP contribution in [-0.4, -0.2) is 52.4 Å². The lowest BCUT2D eigenvalue weighted by molar-refractivity contribution is 0.669. The van der Waals surface area contributed by atoms with Crippen molar-refractivity contribution in [1.82, 2.24) is 29.5 Å². The van der Waals surface area contributed by atoms with Crippen LogP contribution in [0.2, 0.25) is 26.2 Å². The molecule has 4 aliphatic rings. The average molecular weight is 751 g/mol. The van der Waals surface area contributed by atoms with E-state index in [0.29, 0.717) is 5.82 Å². The van der Waals surface area contributed by atoms with Crippen molar-refractivity contribution in [2.24, 2.45) is 0 Å². The first-order valence-corrected chi connectivity index (χ1v) is 25.5. The summed E-state index contributed by atoms with van der Waals surface area (Å²) in [5.74, 6) is 2.29. The molecule has 10 aromatic rings. The molecule has 56 heavy (non-hydrogen) atoms. The van der Waals surface area contributed by atoms with Crippen LogP contribution >= 0.6 is 0 Å². The molecular formula is C46H31BN6OSi2. The molecule has 0 saturated carbocycles. The lowest BCUT2D eigenvalue weighted by atomic mass is 9.35. The van der Waals surface area contributed by atoms with Crippen LogP contribution in [0.15, 0.2) is 120 Å². The molecule has 0 atom stereocenters. The third kappa shape index (κ3) is 3.25. The maximum Gasteiger partial charge on any atom is 0.256 e. The van der Waals surface area contributed by atoms with Crippen molar-refractivity contribution in [3.8, 4) is 45.5 Å². The second kappa shape index (κ2) is 9.53. The number of hydrogen-bond acceptors (Lipinski definition) is 5. The van der Waals surface area contributed by atoms with E-state index < -0.39 is 16.1 Å². The Balaban J connectivity index is 1.17. The summed E-state index contributed by atoms with van der Waals surface area (Å²) in [6.45, 7) is 9.86. The smallest absolute Gasteiger partial charge is 0.256 e. The predicted molar refractivity (Wildman–Crippen MR) is 233 cm³/mol. The largest absolute Gasteiger partial charge is 0.456 e. The Labute approximate surface area is 323 Å². The first kappa shape index (κ1) is 29.9. The number of fused-ring (bicyclic) bond motifs is 11. The van der Waals surface area contributed by atoms with Crippen LogP contribution in [0.4, 0.5) is 0 Å². The zero-order valence-corrected chi connectivity index (χ0v) is 33.1. The number of nitrogens with zero attached hydrogens (tertiary/aromatic N) is 6. The van der Waals surface area contributed by atoms with Gasteiger partial charge >= 0.3 is 0 Å². The Morgan fingerprint density at radius 1 is 0.500 bits per heavy atom. The van der Waals surface area contributed by atoms with Gasteiger partial charge in [0.25, 0.3) is 6.71 Å². The molecule has 0 saturated heterocycles. The molecule has 4 aromatic heterocycles. The number of benzene rings is 6. The third-order valence-electron chi connectivity index (χ3n) is 13.6. The van der Waals surface area contributed by atoms with Gasteiger partial charge in [-0.15, -0.1) is 0 Å². The highest BCUT2D eigenvalue weighted by molar-refractivity contribution is 7.05. The number of aromatic nitrogens is 6. The monoisotopic (exact) mass is 750 g/mol. The van der Waals surface area contributed by atoms with E-state index in [4.69, 9.17) is 24.6 Å². The van der Waals surface area contributed by atoms with Gasteiger partial charge in [0.15, 0.2) is 17.5 Å². The van der Waals surface area contributed by atoms with Crippen molar-refractivity contribution < 1.29 is 4.42 Å². The molecule has 0 bridgehead atoms. The molecule has 0 fully saturated rings. The molecular weight excluding hydrogens is 720 g/mol. The van der Waals surface area contributed by atoms with E-state index in [1.807, 2.05) is 24.3 Å². The molecule has 14 rings (SSSR count). The van der Waals surface area contributed by atoms with E-state index in [0.717, 1.165) is 56.0 Å². The van der Waals surface area contributed by atoms with Crippen LogP contribution in [0.25, 0.3) is 89.3 Å². The van der Waals surface area contributed by atoms with Crippen molar-refractivity contribution in [3.63, 3.8) is 0 Å². The van der Waals surface area contributed by atoms with Gasteiger partial charge in [-0.05, 0) is 43.8 Å². The summed E-state index contributed by atoms with van der Waals surface area (Å²) >= 11 is 0. The summed E-state index contributed by atoms with van der Waals surface area (Å²) in [6.07, 6.45) is 0. The van der Waals surface area contributed by atoms with E-state index in [1.165, 1.54) is 64.6 Å². The number of hydrogen-bond donors (Lipinski definition) is 0. The minimum Gasteiger partial charge on any atom is -0.456 e. The van der Waals surface area contributed by atoms with Crippen molar-refractivity contribution in [2.45, 2.75) is 26.2 Å². The van der Waals surface area contributed by atoms with Gasteiger partial charge in [0.1, 0.15) is 38.7 Å². The Morgan fingerprint density at radius 2 is 1.02 bits per heavy atom. The number of rotatable bonds is 1. The summed E-state index contributed by atoms with van der Waals surface area (Å²) in [5, 5.41) is 21.5. The van der Waals surface area contributed by atoms with Gasteiger partial charge in [0, 0.05) is 43.7 Å². The lowest BCUT2D eigenvalue weighted by Gasteiger charge is -2.34. The standard InChI is InChI=1S/C46H31BN6OSi2/c1-55(2)32-18-9-6-13-25(32)40-37-34(55)22-20-28-42(37)52(50-40)45-39-46(49-44(48-45)27-15-11-17-31-36(27)24-12-5-8-16-30(24)54-31)53-43-29(47(28)39)21-23-35-38(43)41(51-53)26-14-7-10-19-33(26)56(35,3)4/h5-23H,1-4H3. The zero-order chi connectivity index (χ0) is 37.0. The van der Waals surface area contributed by atoms with Crippen molar-refractivity contribution in [2.75, 3.05) is 0 Å². The van der Waals surface area contributed by atoms with E-state index in [9.17, 15) is 0 Å². The SMILES string of the molecule is C[Si]1(C)c2ccccc2-c2nn3c4c(ccc1c24)B1c2c-3nc(-c3cccc4oc5ccccc5c34)nc2-n2nc3c4c(ccc1c42)[Si](C)(C)c1ccccc1-3. The number of furan rings is 1. The molecule has 7 nitrogen and oxygen atoms in total. The molecule has 0 spiro atoms. The molecule has 0 unspecified atom stereocenters. The Kier molecular flexibility index (Phi) is 5.09. The fraction of sp³-hybridized carbons (Fsp3) is 0.0870. The lowest BCUT2D eigenvalue weighted by Crippen LogP contribution is -2.62. The van der Waals surface area contributed by atoms with E-state index in [1.54, 1.807) is 0 Å². The summed E-state index contributed by atoms with van der Waals surface area (Å²) in [7, 11) is -4.11. The van der Waals surface area contributed by atoms with Crippen LogP contribution < -0.4 is 37.1 Å². The highest BCUT2D eigenvalue weighted by atomic mass is 28.3. The second-order valence-corrected chi connectivity index (χ2v) is 25.7. The van der Waals surface area contributed by atoms with Gasteiger partial charge in [0.2, 0.25) is 0 Å².